The fourth-order valence-corrected chi connectivity index (χ4v) is 1.78. The topological polar surface area (TPSA) is 32.3 Å². The van der Waals surface area contributed by atoms with Crippen molar-refractivity contribution < 1.29 is 4.79 Å². The molecule has 0 aromatic rings. The monoisotopic (exact) mass is 168 g/mol. The maximum Gasteiger partial charge on any atom is 0.225 e. The zero-order valence-electron chi connectivity index (χ0n) is 7.55. The van der Waals surface area contributed by atoms with E-state index < -0.39 is 0 Å². The Labute approximate surface area is 73.1 Å². The minimum absolute atomic E-state index is 0.389. The van der Waals surface area contributed by atoms with Crippen LogP contribution in [0.2, 0.25) is 0 Å². The van der Waals surface area contributed by atoms with Crippen LogP contribution in [0.15, 0.2) is 0 Å². The van der Waals surface area contributed by atoms with Crippen molar-refractivity contribution in [2.24, 2.45) is 5.92 Å². The number of carbonyl (C=O) groups is 1. The first-order valence-corrected chi connectivity index (χ1v) is 4.77. The van der Waals surface area contributed by atoms with Gasteiger partial charge in [0.15, 0.2) is 0 Å². The fourth-order valence-electron chi connectivity index (χ4n) is 1.78. The predicted octanol–water partition coefficient (Wildman–Crippen LogP) is 0.217. The van der Waals surface area contributed by atoms with E-state index >= 15 is 0 Å². The quantitative estimate of drug-likeness (QED) is 0.639. The van der Waals surface area contributed by atoms with E-state index in [1.807, 2.05) is 11.9 Å². The molecule has 1 atom stereocenters. The Kier molecular flexibility index (Phi) is 2.05. The third-order valence-corrected chi connectivity index (χ3v) is 2.83. The van der Waals surface area contributed by atoms with Gasteiger partial charge in [0, 0.05) is 25.0 Å². The molecule has 1 heterocycles. The highest BCUT2D eigenvalue weighted by molar-refractivity contribution is 5.81. The van der Waals surface area contributed by atoms with E-state index in [0.29, 0.717) is 17.9 Å². The highest BCUT2D eigenvalue weighted by atomic mass is 16.2. The number of nitrogens with zero attached hydrogens (tertiary/aromatic N) is 1. The second kappa shape index (κ2) is 3.05. The van der Waals surface area contributed by atoms with Gasteiger partial charge in [-0.05, 0) is 26.3 Å². The average Bonchev–Trinajstić information content (AvgIpc) is 2.82. The zero-order chi connectivity index (χ0) is 8.55. The van der Waals surface area contributed by atoms with Crippen molar-refractivity contribution in [1.29, 1.82) is 0 Å². The van der Waals surface area contributed by atoms with E-state index in [1.54, 1.807) is 0 Å². The summed E-state index contributed by atoms with van der Waals surface area (Å²) in [5.74, 6) is 0.786. The van der Waals surface area contributed by atoms with Crippen molar-refractivity contribution in [3.8, 4) is 0 Å². The average molecular weight is 168 g/mol. The molecule has 12 heavy (non-hydrogen) atoms. The number of nitrogens with one attached hydrogen (secondary N) is 1. The van der Waals surface area contributed by atoms with E-state index in [4.69, 9.17) is 0 Å². The molecule has 1 aliphatic carbocycles. The number of hydrogen-bond donors (Lipinski definition) is 1. The summed E-state index contributed by atoms with van der Waals surface area (Å²) in [6, 6.07) is 0.535. The second-order valence-corrected chi connectivity index (χ2v) is 3.83. The highest BCUT2D eigenvalue weighted by Crippen LogP contribution is 2.31. The van der Waals surface area contributed by atoms with Crippen molar-refractivity contribution in [3.05, 3.63) is 0 Å². The molecule has 0 aromatic heterocycles. The molecular formula is C9H16N2O. The van der Waals surface area contributed by atoms with Crippen LogP contribution in [-0.2, 0) is 4.79 Å². The maximum atomic E-state index is 11.6. The summed E-state index contributed by atoms with van der Waals surface area (Å²) >= 11 is 0. The normalized spacial score (nSPS) is 29.4. The van der Waals surface area contributed by atoms with Crippen molar-refractivity contribution in [2.45, 2.75) is 25.3 Å². The third-order valence-electron chi connectivity index (χ3n) is 2.83. The van der Waals surface area contributed by atoms with Gasteiger partial charge in [0.2, 0.25) is 5.91 Å². The molecule has 1 amide bonds. The van der Waals surface area contributed by atoms with Crippen molar-refractivity contribution >= 4 is 5.91 Å². The van der Waals surface area contributed by atoms with Gasteiger partial charge in [-0.25, -0.2) is 0 Å². The molecule has 0 bridgehead atoms. The predicted molar refractivity (Wildman–Crippen MR) is 46.8 cm³/mol. The van der Waals surface area contributed by atoms with Gasteiger partial charge in [-0.3, -0.25) is 4.79 Å². The molecule has 2 aliphatic rings. The molecule has 3 nitrogen and oxygen atoms in total. The number of likely N-dealkylation sites (N-methyl/N-ethyl adjacent to an activating group) is 1. The number of hydrogen-bond acceptors (Lipinski definition) is 2. The smallest absolute Gasteiger partial charge is 0.225 e. The number of rotatable bonds is 2. The van der Waals surface area contributed by atoms with Gasteiger partial charge in [-0.1, -0.05) is 0 Å². The van der Waals surface area contributed by atoms with Gasteiger partial charge in [-0.2, -0.15) is 0 Å². The van der Waals surface area contributed by atoms with Gasteiger partial charge >= 0.3 is 0 Å². The van der Waals surface area contributed by atoms with Crippen LogP contribution in [0.3, 0.4) is 0 Å². The first-order chi connectivity index (χ1) is 5.81. The lowest BCUT2D eigenvalue weighted by Crippen LogP contribution is -2.34. The van der Waals surface area contributed by atoms with Crippen molar-refractivity contribution in [1.82, 2.24) is 10.2 Å². The van der Waals surface area contributed by atoms with Crippen LogP contribution in [0, 0.1) is 5.92 Å². The molecule has 0 aromatic carbocycles. The summed E-state index contributed by atoms with van der Waals surface area (Å²) in [5, 5.41) is 3.21. The summed E-state index contributed by atoms with van der Waals surface area (Å²) in [7, 11) is 1.97. The molecule has 2 rings (SSSR count). The highest BCUT2D eigenvalue weighted by Gasteiger charge is 2.36. The van der Waals surface area contributed by atoms with Crippen LogP contribution < -0.4 is 5.32 Å². The van der Waals surface area contributed by atoms with Crippen molar-refractivity contribution in [2.75, 3.05) is 20.1 Å². The van der Waals surface area contributed by atoms with Gasteiger partial charge in [0.25, 0.3) is 0 Å². The standard InChI is InChI=1S/C9H16N2O/c1-10-8-4-5-11(6-8)9(12)7-2-3-7/h7-8,10H,2-6H2,1H3. The largest absolute Gasteiger partial charge is 0.341 e. The summed E-state index contributed by atoms with van der Waals surface area (Å²) in [5.41, 5.74) is 0. The van der Waals surface area contributed by atoms with Crippen LogP contribution >= 0.6 is 0 Å². The van der Waals surface area contributed by atoms with Crippen molar-refractivity contribution in [3.63, 3.8) is 0 Å². The Morgan fingerprint density at radius 2 is 2.17 bits per heavy atom. The van der Waals surface area contributed by atoms with Gasteiger partial charge in [-0.15, -0.1) is 0 Å². The molecule has 0 radical (unpaired) electrons. The van der Waals surface area contributed by atoms with E-state index in [9.17, 15) is 4.79 Å². The van der Waals surface area contributed by atoms with Crippen LogP contribution in [0.1, 0.15) is 19.3 Å². The molecule has 2 fully saturated rings. The fraction of sp³-hybridized carbons (Fsp3) is 0.889. The zero-order valence-corrected chi connectivity index (χ0v) is 7.55. The van der Waals surface area contributed by atoms with Crippen LogP contribution in [0.5, 0.6) is 0 Å². The first kappa shape index (κ1) is 8.05. The van der Waals surface area contributed by atoms with Crippen LogP contribution in [-0.4, -0.2) is 37.0 Å². The molecule has 68 valence electrons. The minimum atomic E-state index is 0.389. The summed E-state index contributed by atoms with van der Waals surface area (Å²) in [6.07, 6.45) is 3.37. The summed E-state index contributed by atoms with van der Waals surface area (Å²) < 4.78 is 0. The van der Waals surface area contributed by atoms with Gasteiger partial charge in [0.05, 0.1) is 0 Å². The summed E-state index contributed by atoms with van der Waals surface area (Å²) in [6.45, 7) is 1.88. The molecule has 1 N–H and O–H groups in total. The summed E-state index contributed by atoms with van der Waals surface area (Å²) in [4.78, 5) is 13.6. The molecule has 1 saturated carbocycles. The number of amides is 1. The Morgan fingerprint density at radius 3 is 2.67 bits per heavy atom. The maximum absolute atomic E-state index is 11.6. The van der Waals surface area contributed by atoms with Gasteiger partial charge in [0.1, 0.15) is 0 Å². The lowest BCUT2D eigenvalue weighted by atomic mass is 10.3. The second-order valence-electron chi connectivity index (χ2n) is 3.83. The minimum Gasteiger partial charge on any atom is -0.341 e. The molecule has 1 unspecified atom stereocenters. The Bertz CT molecular complexity index is 189. The van der Waals surface area contributed by atoms with E-state index in [0.717, 1.165) is 32.4 Å². The Balaban J connectivity index is 1.85. The van der Waals surface area contributed by atoms with Crippen LogP contribution in [0.4, 0.5) is 0 Å². The Morgan fingerprint density at radius 1 is 1.42 bits per heavy atom. The van der Waals surface area contributed by atoms with Gasteiger partial charge < -0.3 is 10.2 Å². The molecule has 1 aliphatic heterocycles. The molecule has 1 saturated heterocycles. The lowest BCUT2D eigenvalue weighted by molar-refractivity contribution is -0.131. The third kappa shape index (κ3) is 1.46. The SMILES string of the molecule is CNC1CCN(C(=O)C2CC2)C1. The number of likely N-dealkylation sites (tertiary alicyclic amines) is 1. The van der Waals surface area contributed by atoms with E-state index in [-0.39, 0.29) is 0 Å². The van der Waals surface area contributed by atoms with E-state index in [1.165, 1.54) is 0 Å². The molecule has 3 heteroatoms. The number of carbonyl (C=O) groups excluding carboxylic acids is 1. The molecule has 0 spiro atoms. The Hall–Kier alpha value is -0.570. The molecular weight excluding hydrogens is 152 g/mol. The van der Waals surface area contributed by atoms with E-state index in [2.05, 4.69) is 5.32 Å². The lowest BCUT2D eigenvalue weighted by Gasteiger charge is -2.15. The first-order valence-electron chi connectivity index (χ1n) is 4.77. The van der Waals surface area contributed by atoms with Crippen LogP contribution in [0.25, 0.3) is 0 Å².